The molecule has 1 aromatic rings. The van der Waals surface area contributed by atoms with Crippen molar-refractivity contribution >= 4 is 15.9 Å². The maximum atomic E-state index is 12.5. The van der Waals surface area contributed by atoms with Crippen molar-refractivity contribution in [2.45, 2.75) is 13.0 Å². The number of piperazine rings is 1. The van der Waals surface area contributed by atoms with Gasteiger partial charge in [-0.3, -0.25) is 9.78 Å². The predicted molar refractivity (Wildman–Crippen MR) is 83.7 cm³/mol. The van der Waals surface area contributed by atoms with Crippen molar-refractivity contribution < 1.29 is 13.2 Å². The van der Waals surface area contributed by atoms with Crippen molar-refractivity contribution in [1.29, 1.82) is 0 Å². The third-order valence-corrected chi connectivity index (χ3v) is 5.64. The molecule has 0 saturated carbocycles. The van der Waals surface area contributed by atoms with Crippen molar-refractivity contribution in [3.63, 3.8) is 0 Å². The van der Waals surface area contributed by atoms with E-state index in [1.807, 2.05) is 12.1 Å². The second kappa shape index (κ2) is 7.17. The van der Waals surface area contributed by atoms with Crippen LogP contribution >= 0.6 is 0 Å². The van der Waals surface area contributed by atoms with Gasteiger partial charge in [0.05, 0.1) is 18.3 Å². The number of nitrogens with zero attached hydrogens (tertiary/aromatic N) is 3. The predicted octanol–water partition coefficient (Wildman–Crippen LogP) is -0.164. The first-order chi connectivity index (χ1) is 10.5. The van der Waals surface area contributed by atoms with Crippen molar-refractivity contribution in [1.82, 2.24) is 19.5 Å². The van der Waals surface area contributed by atoms with Crippen LogP contribution in [0, 0.1) is 0 Å². The van der Waals surface area contributed by atoms with Gasteiger partial charge in [0.2, 0.25) is 15.9 Å². The maximum absolute atomic E-state index is 12.5. The second-order valence-electron chi connectivity index (χ2n) is 5.25. The number of likely N-dealkylation sites (N-methyl/N-ethyl adjacent to an activating group) is 1. The van der Waals surface area contributed by atoms with Gasteiger partial charge in [0.1, 0.15) is 0 Å². The summed E-state index contributed by atoms with van der Waals surface area (Å²) in [7, 11) is -1.91. The molecule has 0 radical (unpaired) electrons. The first-order valence-electron chi connectivity index (χ1n) is 7.30. The number of carbonyl (C=O) groups is 1. The number of amides is 1. The first kappa shape index (κ1) is 16.9. The Morgan fingerprint density at radius 3 is 2.95 bits per heavy atom. The summed E-state index contributed by atoms with van der Waals surface area (Å²) in [5.41, 5.74) is 0.948. The van der Waals surface area contributed by atoms with Gasteiger partial charge in [0.25, 0.3) is 0 Å². The highest BCUT2D eigenvalue weighted by molar-refractivity contribution is 7.89. The summed E-state index contributed by atoms with van der Waals surface area (Å²) in [4.78, 5) is 18.4. The van der Waals surface area contributed by atoms with E-state index in [1.54, 1.807) is 24.2 Å². The Morgan fingerprint density at radius 2 is 2.32 bits per heavy atom. The molecule has 1 atom stereocenters. The van der Waals surface area contributed by atoms with Crippen molar-refractivity contribution in [3.8, 4) is 0 Å². The van der Waals surface area contributed by atoms with Gasteiger partial charge in [0, 0.05) is 39.1 Å². The van der Waals surface area contributed by atoms with E-state index in [-0.39, 0.29) is 24.2 Å². The number of rotatable bonds is 5. The number of carbonyl (C=O) groups excluding carboxylic acids is 1. The van der Waals surface area contributed by atoms with Crippen LogP contribution < -0.4 is 5.32 Å². The average molecular weight is 326 g/mol. The Labute approximate surface area is 131 Å². The average Bonchev–Trinajstić information content (AvgIpc) is 2.55. The van der Waals surface area contributed by atoms with Crippen molar-refractivity contribution in [2.24, 2.45) is 0 Å². The molecular formula is C14H22N4O3S. The summed E-state index contributed by atoms with van der Waals surface area (Å²) in [5, 5.41) is 3.26. The summed E-state index contributed by atoms with van der Waals surface area (Å²) in [6.45, 7) is 3.33. The Hall–Kier alpha value is -1.51. The quantitative estimate of drug-likeness (QED) is 0.813. The van der Waals surface area contributed by atoms with Crippen LogP contribution in [0.2, 0.25) is 0 Å². The fraction of sp³-hybridized carbons (Fsp3) is 0.571. The minimum atomic E-state index is -3.36. The number of pyridine rings is 1. The third-order valence-electron chi connectivity index (χ3n) is 3.83. The van der Waals surface area contributed by atoms with Gasteiger partial charge in [-0.1, -0.05) is 6.07 Å². The second-order valence-corrected chi connectivity index (χ2v) is 7.61. The highest BCUT2D eigenvalue weighted by Crippen LogP contribution is 2.21. The summed E-state index contributed by atoms with van der Waals surface area (Å²) >= 11 is 0. The normalized spacial score (nSPS) is 19.4. The molecule has 1 unspecified atom stereocenters. The molecule has 2 rings (SSSR count). The van der Waals surface area contributed by atoms with Gasteiger partial charge in [-0.05, 0) is 18.6 Å². The fourth-order valence-electron chi connectivity index (χ4n) is 2.47. The number of sulfonamides is 1. The Balaban J connectivity index is 2.12. The van der Waals surface area contributed by atoms with E-state index in [0.717, 1.165) is 9.87 Å². The van der Waals surface area contributed by atoms with Gasteiger partial charge < -0.3 is 10.2 Å². The van der Waals surface area contributed by atoms with Crippen LogP contribution in [0.25, 0.3) is 0 Å². The molecule has 1 saturated heterocycles. The smallest absolute Gasteiger partial charge is 0.238 e. The Morgan fingerprint density at radius 1 is 1.55 bits per heavy atom. The zero-order valence-electron chi connectivity index (χ0n) is 12.9. The molecular weight excluding hydrogens is 304 g/mol. The molecule has 0 bridgehead atoms. The van der Waals surface area contributed by atoms with Crippen molar-refractivity contribution in [2.75, 3.05) is 39.0 Å². The van der Waals surface area contributed by atoms with Gasteiger partial charge in [-0.2, -0.15) is 4.31 Å². The molecule has 1 aromatic heterocycles. The van der Waals surface area contributed by atoms with Crippen LogP contribution in [0.5, 0.6) is 0 Å². The summed E-state index contributed by atoms with van der Waals surface area (Å²) in [5.74, 6) is -0.195. The van der Waals surface area contributed by atoms with E-state index in [2.05, 4.69) is 10.3 Å². The highest BCUT2D eigenvalue weighted by atomic mass is 32.2. The number of nitrogens with one attached hydrogen (secondary N) is 1. The van der Waals surface area contributed by atoms with E-state index in [0.29, 0.717) is 19.6 Å². The lowest BCUT2D eigenvalue weighted by Gasteiger charge is -2.37. The molecule has 1 N–H and O–H groups in total. The molecule has 0 spiro atoms. The zero-order chi connectivity index (χ0) is 16.2. The van der Waals surface area contributed by atoms with E-state index in [1.165, 1.54) is 7.05 Å². The van der Waals surface area contributed by atoms with Crippen molar-refractivity contribution in [3.05, 3.63) is 30.1 Å². The lowest BCUT2D eigenvalue weighted by molar-refractivity contribution is -0.134. The SMILES string of the molecule is CCS(=O)(=O)N(C)CC(=O)N1CCNCC1c1cccnc1. The Bertz CT molecular complexity index is 606. The van der Waals surface area contributed by atoms with E-state index >= 15 is 0 Å². The molecule has 1 aliphatic rings. The topological polar surface area (TPSA) is 82.6 Å². The van der Waals surface area contributed by atoms with Gasteiger partial charge in [0.15, 0.2) is 0 Å². The minimum Gasteiger partial charge on any atom is -0.332 e. The fourth-order valence-corrected chi connectivity index (χ4v) is 3.22. The van der Waals surface area contributed by atoms with Crippen LogP contribution in [0.15, 0.2) is 24.5 Å². The van der Waals surface area contributed by atoms with Gasteiger partial charge in [-0.25, -0.2) is 8.42 Å². The molecule has 1 amide bonds. The van der Waals surface area contributed by atoms with Crippen LogP contribution in [0.4, 0.5) is 0 Å². The molecule has 8 heteroatoms. The summed E-state index contributed by atoms with van der Waals surface area (Å²) in [6, 6.07) is 3.64. The lowest BCUT2D eigenvalue weighted by atomic mass is 10.1. The summed E-state index contributed by atoms with van der Waals surface area (Å²) < 4.78 is 24.7. The maximum Gasteiger partial charge on any atom is 0.238 e. The molecule has 1 fully saturated rings. The van der Waals surface area contributed by atoms with E-state index < -0.39 is 10.0 Å². The van der Waals surface area contributed by atoms with Crippen LogP contribution in [0.1, 0.15) is 18.5 Å². The molecule has 2 heterocycles. The van der Waals surface area contributed by atoms with E-state index in [4.69, 9.17) is 0 Å². The Kier molecular flexibility index (Phi) is 5.49. The molecule has 0 aromatic carbocycles. The molecule has 1 aliphatic heterocycles. The van der Waals surface area contributed by atoms with E-state index in [9.17, 15) is 13.2 Å². The van der Waals surface area contributed by atoms with Crippen LogP contribution in [-0.4, -0.2) is 67.5 Å². The first-order valence-corrected chi connectivity index (χ1v) is 8.90. The molecule has 0 aliphatic carbocycles. The van der Waals surface area contributed by atoms with Crippen LogP contribution in [-0.2, 0) is 14.8 Å². The number of hydrogen-bond donors (Lipinski definition) is 1. The number of aromatic nitrogens is 1. The van der Waals surface area contributed by atoms with Gasteiger partial charge in [-0.15, -0.1) is 0 Å². The standard InChI is InChI=1S/C14H22N4O3S/c1-3-22(20,21)17(2)11-14(19)18-8-7-16-10-13(18)12-5-4-6-15-9-12/h4-6,9,13,16H,3,7-8,10-11H2,1-2H3. The highest BCUT2D eigenvalue weighted by Gasteiger charge is 2.30. The monoisotopic (exact) mass is 326 g/mol. The van der Waals surface area contributed by atoms with Gasteiger partial charge >= 0.3 is 0 Å². The minimum absolute atomic E-state index is 0.00955. The van der Waals surface area contributed by atoms with Crippen LogP contribution in [0.3, 0.4) is 0 Å². The number of hydrogen-bond acceptors (Lipinski definition) is 5. The lowest BCUT2D eigenvalue weighted by Crippen LogP contribution is -2.51. The molecule has 122 valence electrons. The summed E-state index contributed by atoms with van der Waals surface area (Å²) in [6.07, 6.45) is 3.43. The largest absolute Gasteiger partial charge is 0.332 e. The molecule has 22 heavy (non-hydrogen) atoms. The third kappa shape index (κ3) is 3.82. The molecule has 7 nitrogen and oxygen atoms in total. The zero-order valence-corrected chi connectivity index (χ0v) is 13.7.